The molecule has 0 saturated carbocycles. The molecule has 28 heavy (non-hydrogen) atoms. The molecule has 4 rings (SSSR count). The first-order valence-corrected chi connectivity index (χ1v) is 8.91. The van der Waals surface area contributed by atoms with E-state index in [2.05, 4.69) is 15.7 Å². The van der Waals surface area contributed by atoms with Gasteiger partial charge < -0.3 is 10.6 Å². The number of rotatable bonds is 3. The van der Waals surface area contributed by atoms with Crippen molar-refractivity contribution in [3.63, 3.8) is 0 Å². The van der Waals surface area contributed by atoms with Gasteiger partial charge in [0.1, 0.15) is 17.7 Å². The number of hydrogen-bond donors (Lipinski definition) is 2. The highest BCUT2D eigenvalue weighted by molar-refractivity contribution is 6.03. The molecule has 2 amide bonds. The van der Waals surface area contributed by atoms with Crippen LogP contribution < -0.4 is 10.6 Å². The van der Waals surface area contributed by atoms with Gasteiger partial charge in [-0.1, -0.05) is 30.3 Å². The molecule has 2 atom stereocenters. The number of aryl methyl sites for hydroxylation is 2. The maximum atomic E-state index is 13.5. The minimum atomic E-state index is -0.853. The van der Waals surface area contributed by atoms with Gasteiger partial charge in [-0.25, -0.2) is 4.39 Å². The second-order valence-corrected chi connectivity index (χ2v) is 6.81. The highest BCUT2D eigenvalue weighted by Gasteiger charge is 2.41. The summed E-state index contributed by atoms with van der Waals surface area (Å²) in [5.74, 6) is -0.947. The summed E-state index contributed by atoms with van der Waals surface area (Å²) in [6, 6.07) is 13.8. The molecule has 0 aliphatic carbocycles. The van der Waals surface area contributed by atoms with E-state index in [9.17, 15) is 14.0 Å². The fraction of sp³-hybridized carbons (Fsp3) is 0.190. The minimum Gasteiger partial charge on any atom is -0.339 e. The molecule has 2 heterocycles. The third kappa shape index (κ3) is 3.05. The lowest BCUT2D eigenvalue weighted by Gasteiger charge is -2.32. The fourth-order valence-electron chi connectivity index (χ4n) is 3.70. The third-order valence-corrected chi connectivity index (χ3v) is 4.99. The van der Waals surface area contributed by atoms with Crippen molar-refractivity contribution in [1.29, 1.82) is 0 Å². The van der Waals surface area contributed by atoms with E-state index in [1.54, 1.807) is 48.1 Å². The van der Waals surface area contributed by atoms with Gasteiger partial charge in [-0.05, 0) is 36.8 Å². The van der Waals surface area contributed by atoms with Gasteiger partial charge in [0.05, 0.1) is 5.69 Å². The van der Waals surface area contributed by atoms with E-state index >= 15 is 0 Å². The van der Waals surface area contributed by atoms with Crippen molar-refractivity contribution >= 4 is 17.6 Å². The number of benzene rings is 2. The Kier molecular flexibility index (Phi) is 4.43. The monoisotopic (exact) mass is 378 g/mol. The topological polar surface area (TPSA) is 76.0 Å². The Hall–Kier alpha value is -3.48. The number of fused-ring (bicyclic) bond motifs is 1. The van der Waals surface area contributed by atoms with E-state index in [4.69, 9.17) is 0 Å². The SMILES string of the molecule is Cc1nn(C)c2c1[C@@H](c1ccc(F)cc1)[C@H](NC(=O)c1ccccc1)C(=O)N2. The predicted octanol–water partition coefficient (Wildman–Crippen LogP) is 2.75. The zero-order valence-electron chi connectivity index (χ0n) is 15.4. The molecular formula is C21H19FN4O2. The lowest BCUT2D eigenvalue weighted by Crippen LogP contribution is -2.50. The summed E-state index contributed by atoms with van der Waals surface area (Å²) in [5, 5.41) is 10.1. The second-order valence-electron chi connectivity index (χ2n) is 6.81. The molecule has 1 aromatic heterocycles. The molecule has 1 aliphatic heterocycles. The van der Waals surface area contributed by atoms with Crippen molar-refractivity contribution in [2.75, 3.05) is 5.32 Å². The van der Waals surface area contributed by atoms with Crippen LogP contribution in [0.25, 0.3) is 0 Å². The molecule has 1 aliphatic rings. The standard InChI is InChI=1S/C21H19FN4O2/c1-12-16-17(13-8-10-15(22)11-9-13)18(21(28)24-19(16)26(2)25-12)23-20(27)14-6-4-3-5-7-14/h3-11,17-18H,1-2H3,(H,23,27)(H,24,28)/t17-,18+/m1/s1. The van der Waals surface area contributed by atoms with Gasteiger partial charge in [0.25, 0.3) is 5.91 Å². The number of amides is 2. The van der Waals surface area contributed by atoms with Crippen molar-refractivity contribution < 1.29 is 14.0 Å². The second kappa shape index (κ2) is 6.92. The highest BCUT2D eigenvalue weighted by atomic mass is 19.1. The van der Waals surface area contributed by atoms with E-state index in [1.165, 1.54) is 12.1 Å². The number of hydrogen-bond acceptors (Lipinski definition) is 3. The van der Waals surface area contributed by atoms with Crippen molar-refractivity contribution in [3.05, 3.63) is 82.8 Å². The Labute approximate surface area is 161 Å². The summed E-state index contributed by atoms with van der Waals surface area (Å²) >= 11 is 0. The summed E-state index contributed by atoms with van der Waals surface area (Å²) < 4.78 is 15.1. The Morgan fingerprint density at radius 3 is 2.50 bits per heavy atom. The van der Waals surface area contributed by atoms with Gasteiger partial charge in [-0.3, -0.25) is 14.3 Å². The first-order chi connectivity index (χ1) is 13.5. The number of carbonyl (C=O) groups is 2. The van der Waals surface area contributed by atoms with Gasteiger partial charge in [-0.2, -0.15) is 5.10 Å². The van der Waals surface area contributed by atoms with Gasteiger partial charge in [0.15, 0.2) is 0 Å². The molecule has 0 spiro atoms. The molecule has 7 heteroatoms. The molecule has 6 nitrogen and oxygen atoms in total. The van der Waals surface area contributed by atoms with Crippen molar-refractivity contribution in [1.82, 2.24) is 15.1 Å². The van der Waals surface area contributed by atoms with Gasteiger partial charge in [0, 0.05) is 24.1 Å². The van der Waals surface area contributed by atoms with Crippen LogP contribution in [0, 0.1) is 12.7 Å². The van der Waals surface area contributed by atoms with Crippen LogP contribution in [0.3, 0.4) is 0 Å². The molecule has 0 unspecified atom stereocenters. The highest BCUT2D eigenvalue weighted by Crippen LogP contribution is 2.39. The zero-order chi connectivity index (χ0) is 19.8. The Morgan fingerprint density at radius 2 is 1.82 bits per heavy atom. The van der Waals surface area contributed by atoms with E-state index in [0.717, 1.165) is 16.8 Å². The van der Waals surface area contributed by atoms with Crippen molar-refractivity contribution in [3.8, 4) is 0 Å². The lowest BCUT2D eigenvalue weighted by molar-refractivity contribution is -0.118. The van der Waals surface area contributed by atoms with E-state index in [0.29, 0.717) is 11.4 Å². The van der Waals surface area contributed by atoms with Crippen LogP contribution in [0.4, 0.5) is 10.2 Å². The smallest absolute Gasteiger partial charge is 0.251 e. The van der Waals surface area contributed by atoms with Gasteiger partial charge >= 0.3 is 0 Å². The lowest BCUT2D eigenvalue weighted by atomic mass is 9.82. The first-order valence-electron chi connectivity index (χ1n) is 8.91. The molecule has 0 fully saturated rings. The van der Waals surface area contributed by atoms with Crippen LogP contribution in [0.5, 0.6) is 0 Å². The van der Waals surface area contributed by atoms with Crippen LogP contribution in [0.2, 0.25) is 0 Å². The average molecular weight is 378 g/mol. The minimum absolute atomic E-state index is 0.339. The number of halogens is 1. The molecule has 142 valence electrons. The maximum absolute atomic E-state index is 13.5. The molecule has 0 radical (unpaired) electrons. The molecule has 3 aromatic rings. The number of aromatic nitrogens is 2. The average Bonchev–Trinajstić information content (AvgIpc) is 2.97. The quantitative estimate of drug-likeness (QED) is 0.736. The maximum Gasteiger partial charge on any atom is 0.251 e. The number of carbonyl (C=O) groups excluding carboxylic acids is 2. The summed E-state index contributed by atoms with van der Waals surface area (Å²) in [5.41, 5.74) is 2.74. The summed E-state index contributed by atoms with van der Waals surface area (Å²) in [7, 11) is 1.75. The normalized spacial score (nSPS) is 18.3. The number of nitrogens with one attached hydrogen (secondary N) is 2. The van der Waals surface area contributed by atoms with Crippen molar-refractivity contribution in [2.45, 2.75) is 18.9 Å². The van der Waals surface area contributed by atoms with Gasteiger partial charge in [-0.15, -0.1) is 0 Å². The Balaban J connectivity index is 1.79. The first kappa shape index (κ1) is 17.9. The third-order valence-electron chi connectivity index (χ3n) is 4.99. The van der Waals surface area contributed by atoms with Crippen LogP contribution in [-0.2, 0) is 11.8 Å². The zero-order valence-corrected chi connectivity index (χ0v) is 15.4. The van der Waals surface area contributed by atoms with Crippen molar-refractivity contribution in [2.24, 2.45) is 7.05 Å². The van der Waals surface area contributed by atoms with Crippen LogP contribution in [0.1, 0.15) is 33.1 Å². The fourth-order valence-corrected chi connectivity index (χ4v) is 3.70. The molecule has 0 bridgehead atoms. The molecule has 2 N–H and O–H groups in total. The van der Waals surface area contributed by atoms with Gasteiger partial charge in [0.2, 0.25) is 5.91 Å². The molecule has 2 aromatic carbocycles. The largest absolute Gasteiger partial charge is 0.339 e. The Bertz CT molecular complexity index is 1040. The van der Waals surface area contributed by atoms with E-state index < -0.39 is 12.0 Å². The number of nitrogens with zero attached hydrogens (tertiary/aromatic N) is 2. The summed E-state index contributed by atoms with van der Waals surface area (Å²) in [4.78, 5) is 25.6. The van der Waals surface area contributed by atoms with Crippen LogP contribution in [0.15, 0.2) is 54.6 Å². The van der Waals surface area contributed by atoms with Crippen LogP contribution in [-0.4, -0.2) is 27.6 Å². The molecular weight excluding hydrogens is 359 g/mol. The summed E-state index contributed by atoms with van der Waals surface area (Å²) in [6.07, 6.45) is 0. The van der Waals surface area contributed by atoms with Crippen LogP contribution >= 0.6 is 0 Å². The molecule has 0 saturated heterocycles. The number of anilines is 1. The predicted molar refractivity (Wildman–Crippen MR) is 103 cm³/mol. The summed E-state index contributed by atoms with van der Waals surface area (Å²) in [6.45, 7) is 1.85. The Morgan fingerprint density at radius 1 is 1.14 bits per heavy atom. The van der Waals surface area contributed by atoms with E-state index in [1.807, 2.05) is 13.0 Å². The van der Waals surface area contributed by atoms with E-state index in [-0.39, 0.29) is 17.6 Å².